The number of anilines is 1. The highest BCUT2D eigenvalue weighted by molar-refractivity contribution is 7.94. The molecule has 0 bridgehead atoms. The Bertz CT molecular complexity index is 1360. The Kier molecular flexibility index (Phi) is 11.7. The molecule has 0 amide bonds. The smallest absolute Gasteiger partial charge is 0.238 e. The molecule has 1 aromatic heterocycles. The second kappa shape index (κ2) is 14.6. The van der Waals surface area contributed by atoms with Crippen molar-refractivity contribution in [2.75, 3.05) is 11.6 Å². The van der Waals surface area contributed by atoms with Gasteiger partial charge < -0.3 is 4.74 Å². The van der Waals surface area contributed by atoms with Crippen molar-refractivity contribution in [3.8, 4) is 5.75 Å². The number of benzene rings is 1. The number of pyridine rings is 1. The summed E-state index contributed by atoms with van der Waals surface area (Å²) in [6, 6.07) is 6.11. The molecule has 3 rings (SSSR count). The fourth-order valence-electron chi connectivity index (χ4n) is 5.69. The van der Waals surface area contributed by atoms with Crippen molar-refractivity contribution in [1.29, 1.82) is 0 Å². The summed E-state index contributed by atoms with van der Waals surface area (Å²) in [7, 11) is -3.68. The molecule has 0 spiro atoms. The molecular weight excluding hydrogens is 558 g/mol. The Morgan fingerprint density at radius 2 is 1.83 bits per heavy atom. The number of alkyl halides is 1. The van der Waals surface area contributed by atoms with Crippen molar-refractivity contribution in [1.82, 2.24) is 4.98 Å². The minimum absolute atomic E-state index is 0.00736. The van der Waals surface area contributed by atoms with Crippen LogP contribution >= 0.6 is 0 Å². The van der Waals surface area contributed by atoms with Crippen LogP contribution in [0.15, 0.2) is 30.5 Å². The fraction of sp³-hybridized carbons (Fsp3) is 0.576. The maximum atomic E-state index is 15.2. The number of allylic oxidation sites excluding steroid dienone is 2. The van der Waals surface area contributed by atoms with Crippen molar-refractivity contribution in [2.45, 2.75) is 104 Å². The van der Waals surface area contributed by atoms with Gasteiger partial charge in [0.15, 0.2) is 17.3 Å². The number of nitrogens with zero attached hydrogens (tertiary/aromatic N) is 1. The molecule has 1 unspecified atom stereocenters. The van der Waals surface area contributed by atoms with Crippen molar-refractivity contribution >= 4 is 32.8 Å². The lowest BCUT2D eigenvalue weighted by Crippen LogP contribution is -2.33. The number of ether oxygens (including phenoxy) is 1. The van der Waals surface area contributed by atoms with Gasteiger partial charge >= 0.3 is 0 Å². The van der Waals surface area contributed by atoms with Crippen molar-refractivity contribution in [3.05, 3.63) is 53.0 Å². The predicted octanol–water partition coefficient (Wildman–Crippen LogP) is 8.65. The number of ketones is 1. The van der Waals surface area contributed by atoms with Crippen LogP contribution in [0.4, 0.5) is 14.6 Å². The first-order chi connectivity index (χ1) is 19.8. The summed E-state index contributed by atoms with van der Waals surface area (Å²) in [6.07, 6.45) is 10.0. The zero-order valence-electron chi connectivity index (χ0n) is 25.9. The average molecular weight is 605 g/mol. The predicted molar refractivity (Wildman–Crippen MR) is 166 cm³/mol. The zero-order chi connectivity index (χ0) is 31.1. The number of carbonyl (C=O) groups excluding carboxylic acids is 1. The average Bonchev–Trinajstić information content (AvgIpc) is 2.93. The molecule has 1 N–H and O–H groups in total. The van der Waals surface area contributed by atoms with Crippen LogP contribution in [0.2, 0.25) is 0 Å². The van der Waals surface area contributed by atoms with Gasteiger partial charge in [-0.15, -0.1) is 0 Å². The molecule has 1 aliphatic rings. The van der Waals surface area contributed by atoms with E-state index in [-0.39, 0.29) is 29.7 Å². The molecule has 1 atom stereocenters. The lowest BCUT2D eigenvalue weighted by atomic mass is 9.75. The van der Waals surface area contributed by atoms with Crippen LogP contribution in [0, 0.1) is 24.6 Å². The van der Waals surface area contributed by atoms with Gasteiger partial charge in [0, 0.05) is 18.2 Å². The van der Waals surface area contributed by atoms with E-state index in [9.17, 15) is 17.6 Å². The van der Waals surface area contributed by atoms with Gasteiger partial charge in [0.2, 0.25) is 16.9 Å². The highest BCUT2D eigenvalue weighted by Crippen LogP contribution is 2.42. The second-order valence-corrected chi connectivity index (χ2v) is 14.7. The summed E-state index contributed by atoms with van der Waals surface area (Å²) in [5.74, 6) is -0.343. The molecule has 1 fully saturated rings. The first-order valence-corrected chi connectivity index (χ1v) is 16.6. The molecule has 1 heterocycles. The zero-order valence-corrected chi connectivity index (χ0v) is 26.7. The van der Waals surface area contributed by atoms with E-state index in [2.05, 4.69) is 16.6 Å². The van der Waals surface area contributed by atoms with Gasteiger partial charge in [-0.25, -0.2) is 22.2 Å². The Hall–Kier alpha value is -2.81. The van der Waals surface area contributed by atoms with Crippen molar-refractivity contribution in [3.63, 3.8) is 0 Å². The van der Waals surface area contributed by atoms with Crippen LogP contribution in [-0.4, -0.2) is 30.8 Å². The monoisotopic (exact) mass is 604 g/mol. The Balaban J connectivity index is 2.25. The minimum Gasteiger partial charge on any atom is -0.460 e. The highest BCUT2D eigenvalue weighted by atomic mass is 32.2. The Labute approximate surface area is 250 Å². The fourth-order valence-corrected chi connectivity index (χ4v) is 6.40. The molecule has 0 radical (unpaired) electrons. The van der Waals surface area contributed by atoms with Gasteiger partial charge in [0.25, 0.3) is 0 Å². The van der Waals surface area contributed by atoms with Crippen molar-refractivity contribution < 1.29 is 26.7 Å². The molecule has 42 heavy (non-hydrogen) atoms. The Morgan fingerprint density at radius 1 is 1.14 bits per heavy atom. The van der Waals surface area contributed by atoms with Crippen LogP contribution in [0.25, 0.3) is 11.1 Å². The summed E-state index contributed by atoms with van der Waals surface area (Å²) >= 11 is 0. The molecule has 1 aliphatic carbocycles. The van der Waals surface area contributed by atoms with E-state index in [0.29, 0.717) is 34.6 Å². The lowest BCUT2D eigenvalue weighted by molar-refractivity contribution is -0.113. The quantitative estimate of drug-likeness (QED) is 0.231. The second-order valence-electron chi connectivity index (χ2n) is 12.3. The molecule has 6 nitrogen and oxygen atoms in total. The minimum atomic E-state index is -3.68. The van der Waals surface area contributed by atoms with Crippen LogP contribution in [0.1, 0.15) is 109 Å². The van der Waals surface area contributed by atoms with Crippen LogP contribution in [-0.2, 0) is 14.8 Å². The van der Waals surface area contributed by atoms with Crippen molar-refractivity contribution in [2.24, 2.45) is 11.8 Å². The van der Waals surface area contributed by atoms with E-state index < -0.39 is 27.4 Å². The molecule has 0 saturated heterocycles. The van der Waals surface area contributed by atoms with Gasteiger partial charge in [-0.3, -0.25) is 9.52 Å². The maximum absolute atomic E-state index is 15.2. The number of halogens is 2. The first kappa shape index (κ1) is 33.7. The molecule has 232 valence electrons. The number of rotatable bonds is 13. The third kappa shape index (κ3) is 8.17. The number of hydrogen-bond acceptors (Lipinski definition) is 5. The summed E-state index contributed by atoms with van der Waals surface area (Å²) in [4.78, 5) is 18.4. The topological polar surface area (TPSA) is 85.4 Å². The van der Waals surface area contributed by atoms with E-state index in [1.807, 2.05) is 6.92 Å². The highest BCUT2D eigenvalue weighted by Gasteiger charge is 2.31. The van der Waals surface area contributed by atoms with E-state index in [1.54, 1.807) is 46.0 Å². The Morgan fingerprint density at radius 3 is 2.38 bits per heavy atom. The van der Waals surface area contributed by atoms with E-state index >= 15 is 4.39 Å². The SMILES string of the molecule is CCCC(=O)C(=C(c1ccc(NS(=O)(=O)C(C)(C)C)nc1)C(CC)CC1CCCCC1)c1cc(F)c(OCF)cc1C. The van der Waals surface area contributed by atoms with Gasteiger partial charge in [-0.2, -0.15) is 0 Å². The largest absolute Gasteiger partial charge is 0.460 e. The van der Waals surface area contributed by atoms with Crippen LogP contribution < -0.4 is 9.46 Å². The number of carbonyl (C=O) groups is 1. The number of nitrogens with one attached hydrogen (secondary N) is 1. The standard InChI is InChI=1S/C33H46F2N2O4S/c1-7-12-28(38)32(26-19-27(35)29(41-21-34)17-22(26)3)31(24(8-2)18-23-13-10-9-11-14-23)25-15-16-30(36-20-25)37-42(39,40)33(4,5)6/h15-17,19-20,23-24H,7-14,18,21H2,1-6H3,(H,36,37). The maximum Gasteiger partial charge on any atom is 0.238 e. The molecule has 1 aromatic carbocycles. The van der Waals surface area contributed by atoms with Gasteiger partial charge in [0.1, 0.15) is 5.82 Å². The summed E-state index contributed by atoms with van der Waals surface area (Å²) < 4.78 is 59.9. The number of aromatic nitrogens is 1. The number of Topliss-reactive ketones (excluding diaryl/α,β-unsaturated/α-hetero) is 1. The summed E-state index contributed by atoms with van der Waals surface area (Å²) in [6.45, 7) is 9.46. The van der Waals surface area contributed by atoms with Crippen LogP contribution in [0.5, 0.6) is 5.75 Å². The molecule has 9 heteroatoms. The summed E-state index contributed by atoms with van der Waals surface area (Å²) in [5.41, 5.74) is 2.98. The number of aryl methyl sites for hydroxylation is 1. The van der Waals surface area contributed by atoms with E-state index in [4.69, 9.17) is 4.74 Å². The van der Waals surface area contributed by atoms with E-state index in [1.165, 1.54) is 31.4 Å². The third-order valence-corrected chi connectivity index (χ3v) is 10.2. The van der Waals surface area contributed by atoms with E-state index in [0.717, 1.165) is 31.3 Å². The summed E-state index contributed by atoms with van der Waals surface area (Å²) in [5, 5.41) is 0. The lowest BCUT2D eigenvalue weighted by Gasteiger charge is -2.30. The number of hydrogen-bond donors (Lipinski definition) is 1. The molecular formula is C33H46F2N2O4S. The van der Waals surface area contributed by atoms with Gasteiger partial charge in [-0.1, -0.05) is 46.0 Å². The molecule has 1 saturated carbocycles. The number of sulfonamides is 1. The first-order valence-electron chi connectivity index (χ1n) is 15.1. The van der Waals surface area contributed by atoms with Crippen LogP contribution in [0.3, 0.4) is 0 Å². The molecule has 0 aliphatic heterocycles. The molecule has 2 aromatic rings. The normalized spacial score (nSPS) is 16.1. The third-order valence-electron chi connectivity index (χ3n) is 8.15. The van der Waals surface area contributed by atoms with Gasteiger partial charge in [0.05, 0.1) is 4.75 Å². The van der Waals surface area contributed by atoms with Gasteiger partial charge in [-0.05, 0) is 105 Å².